The van der Waals surface area contributed by atoms with Crippen molar-refractivity contribution < 1.29 is 5.11 Å². The second kappa shape index (κ2) is 7.19. The maximum Gasteiger partial charge on any atom is 0.163 e. The molecule has 0 bridgehead atoms. The Morgan fingerprint density at radius 3 is 2.54 bits per heavy atom. The molecule has 4 aromatic rings. The first-order valence-corrected chi connectivity index (χ1v) is 8.48. The normalized spacial score (nSPS) is 10.8. The van der Waals surface area contributed by atoms with Crippen LogP contribution < -0.4 is 5.32 Å². The highest BCUT2D eigenvalue weighted by Gasteiger charge is 2.09. The highest BCUT2D eigenvalue weighted by Crippen LogP contribution is 2.24. The molecule has 4 rings (SSSR count). The van der Waals surface area contributed by atoms with Crippen molar-refractivity contribution >= 4 is 16.7 Å². The zero-order chi connectivity index (χ0) is 17.8. The van der Waals surface area contributed by atoms with Crippen LogP contribution in [-0.4, -0.2) is 26.6 Å². The lowest BCUT2D eigenvalue weighted by Crippen LogP contribution is -2.08. The van der Waals surface area contributed by atoms with Crippen LogP contribution in [0.25, 0.3) is 22.3 Å². The summed E-state index contributed by atoms with van der Waals surface area (Å²) in [6.45, 7) is 0.734. The topological polar surface area (TPSA) is 70.9 Å². The summed E-state index contributed by atoms with van der Waals surface area (Å²) < 4.78 is 0. The third-order valence-corrected chi connectivity index (χ3v) is 4.17. The van der Waals surface area contributed by atoms with E-state index in [2.05, 4.69) is 15.3 Å². The van der Waals surface area contributed by atoms with E-state index >= 15 is 0 Å². The van der Waals surface area contributed by atoms with E-state index < -0.39 is 0 Å². The number of rotatable bonds is 5. The summed E-state index contributed by atoms with van der Waals surface area (Å²) in [5.74, 6) is 1.75. The van der Waals surface area contributed by atoms with Crippen LogP contribution in [0, 0.1) is 0 Å². The number of para-hydroxylation sites is 1. The summed E-state index contributed by atoms with van der Waals surface area (Å²) >= 11 is 0. The smallest absolute Gasteiger partial charge is 0.163 e. The van der Waals surface area contributed by atoms with Crippen molar-refractivity contribution in [3.05, 3.63) is 78.6 Å². The number of anilines is 1. The summed E-state index contributed by atoms with van der Waals surface area (Å²) in [5.41, 5.74) is 2.94. The van der Waals surface area contributed by atoms with Crippen molar-refractivity contribution in [1.29, 1.82) is 0 Å². The third kappa shape index (κ3) is 3.47. The third-order valence-electron chi connectivity index (χ3n) is 4.17. The molecule has 0 radical (unpaired) electrons. The van der Waals surface area contributed by atoms with Gasteiger partial charge in [0.2, 0.25) is 0 Å². The molecule has 0 saturated carbocycles. The van der Waals surface area contributed by atoms with Crippen molar-refractivity contribution in [2.75, 3.05) is 11.9 Å². The van der Waals surface area contributed by atoms with Gasteiger partial charge in [0, 0.05) is 29.9 Å². The Kier molecular flexibility index (Phi) is 4.43. The molecule has 2 N–H and O–H groups in total. The van der Waals surface area contributed by atoms with Crippen molar-refractivity contribution in [2.24, 2.45) is 0 Å². The Labute approximate surface area is 151 Å². The van der Waals surface area contributed by atoms with Crippen molar-refractivity contribution in [2.45, 2.75) is 6.42 Å². The number of pyridine rings is 1. The van der Waals surface area contributed by atoms with E-state index in [0.717, 1.165) is 40.8 Å². The molecule has 5 nitrogen and oxygen atoms in total. The summed E-state index contributed by atoms with van der Waals surface area (Å²) in [6.07, 6.45) is 4.34. The second-order valence-electron chi connectivity index (χ2n) is 6.00. The van der Waals surface area contributed by atoms with Gasteiger partial charge in [0.25, 0.3) is 0 Å². The largest absolute Gasteiger partial charge is 0.508 e. The fourth-order valence-corrected chi connectivity index (χ4v) is 2.82. The van der Waals surface area contributed by atoms with Crippen molar-refractivity contribution in [3.63, 3.8) is 0 Å². The fourth-order valence-electron chi connectivity index (χ4n) is 2.82. The number of benzene rings is 2. The van der Waals surface area contributed by atoms with Gasteiger partial charge >= 0.3 is 0 Å². The van der Waals surface area contributed by atoms with E-state index in [-0.39, 0.29) is 5.75 Å². The van der Waals surface area contributed by atoms with Crippen molar-refractivity contribution in [3.8, 4) is 17.1 Å². The van der Waals surface area contributed by atoms with E-state index in [1.165, 1.54) is 0 Å². The molecule has 128 valence electrons. The van der Waals surface area contributed by atoms with Gasteiger partial charge in [0.05, 0.1) is 5.52 Å². The van der Waals surface area contributed by atoms with Crippen LogP contribution in [0.1, 0.15) is 5.56 Å². The number of fused-ring (bicyclic) bond motifs is 1. The first-order chi connectivity index (χ1) is 12.8. The lowest BCUT2D eigenvalue weighted by Gasteiger charge is -2.11. The van der Waals surface area contributed by atoms with Crippen LogP contribution in [0.15, 0.2) is 73.1 Å². The minimum atomic E-state index is 0.282. The van der Waals surface area contributed by atoms with Crippen LogP contribution in [0.3, 0.4) is 0 Å². The molecule has 2 heterocycles. The van der Waals surface area contributed by atoms with E-state index in [0.29, 0.717) is 5.82 Å². The first-order valence-electron chi connectivity index (χ1n) is 8.48. The zero-order valence-electron chi connectivity index (χ0n) is 14.1. The van der Waals surface area contributed by atoms with Crippen LogP contribution in [0.5, 0.6) is 5.75 Å². The molecule has 26 heavy (non-hydrogen) atoms. The lowest BCUT2D eigenvalue weighted by atomic mass is 10.1. The first kappa shape index (κ1) is 16.0. The van der Waals surface area contributed by atoms with Crippen LogP contribution >= 0.6 is 0 Å². The zero-order valence-corrected chi connectivity index (χ0v) is 14.1. The van der Waals surface area contributed by atoms with Gasteiger partial charge in [-0.05, 0) is 48.4 Å². The Bertz CT molecular complexity index is 1020. The van der Waals surface area contributed by atoms with Gasteiger partial charge in [0.15, 0.2) is 5.82 Å². The summed E-state index contributed by atoms with van der Waals surface area (Å²) in [4.78, 5) is 13.5. The molecule has 0 unspecified atom stereocenters. The number of phenols is 1. The van der Waals surface area contributed by atoms with Crippen LogP contribution in [0.2, 0.25) is 0 Å². The molecule has 0 atom stereocenters. The molecule has 0 aliphatic carbocycles. The number of phenolic OH excluding ortho intramolecular Hbond substituents is 1. The number of hydrogen-bond acceptors (Lipinski definition) is 5. The van der Waals surface area contributed by atoms with E-state index in [9.17, 15) is 5.11 Å². The number of nitrogens with one attached hydrogen (secondary N) is 1. The summed E-state index contributed by atoms with van der Waals surface area (Å²) in [7, 11) is 0. The Balaban J connectivity index is 1.61. The van der Waals surface area contributed by atoms with Gasteiger partial charge in [0.1, 0.15) is 11.6 Å². The van der Waals surface area contributed by atoms with Crippen molar-refractivity contribution in [1.82, 2.24) is 15.0 Å². The minimum absolute atomic E-state index is 0.282. The van der Waals surface area contributed by atoms with Gasteiger partial charge in [-0.1, -0.05) is 24.3 Å². The van der Waals surface area contributed by atoms with E-state index in [4.69, 9.17) is 4.98 Å². The monoisotopic (exact) mass is 342 g/mol. The highest BCUT2D eigenvalue weighted by atomic mass is 16.3. The molecule has 0 fully saturated rings. The standard InChI is InChI=1S/C21H18N4O/c26-17-9-7-15(8-10-17)11-13-23-21-18-5-1-2-6-19(18)24-20(25-21)16-4-3-12-22-14-16/h1-10,12,14,26H,11,13H2,(H,23,24,25). The average molecular weight is 342 g/mol. The summed E-state index contributed by atoms with van der Waals surface area (Å²) in [6, 6.07) is 19.1. The van der Waals surface area contributed by atoms with E-state index in [1.807, 2.05) is 48.5 Å². The maximum absolute atomic E-state index is 9.38. The van der Waals surface area contributed by atoms with Gasteiger partial charge in [-0.2, -0.15) is 0 Å². The average Bonchev–Trinajstić information content (AvgIpc) is 2.70. The molecule has 0 saturated heterocycles. The fraction of sp³-hybridized carbons (Fsp3) is 0.0952. The second-order valence-corrected chi connectivity index (χ2v) is 6.00. The Morgan fingerprint density at radius 1 is 0.885 bits per heavy atom. The van der Waals surface area contributed by atoms with Gasteiger partial charge in [-0.3, -0.25) is 4.98 Å². The number of aromatic nitrogens is 3. The maximum atomic E-state index is 9.38. The molecule has 5 heteroatoms. The molecule has 2 aromatic carbocycles. The molecule has 2 aromatic heterocycles. The lowest BCUT2D eigenvalue weighted by molar-refractivity contribution is 0.475. The van der Waals surface area contributed by atoms with Gasteiger partial charge in [-0.25, -0.2) is 9.97 Å². The molecule has 0 amide bonds. The minimum Gasteiger partial charge on any atom is -0.508 e. The molecule has 0 spiro atoms. The molecular weight excluding hydrogens is 324 g/mol. The SMILES string of the molecule is Oc1ccc(CCNc2nc(-c3cccnc3)nc3ccccc23)cc1. The Hall–Kier alpha value is -3.47. The predicted octanol–water partition coefficient (Wildman–Crippen LogP) is 4.05. The number of hydrogen-bond donors (Lipinski definition) is 2. The van der Waals surface area contributed by atoms with Gasteiger partial charge in [-0.15, -0.1) is 0 Å². The molecule has 0 aliphatic heterocycles. The van der Waals surface area contributed by atoms with Gasteiger partial charge < -0.3 is 10.4 Å². The number of nitrogens with zero attached hydrogens (tertiary/aromatic N) is 3. The summed E-state index contributed by atoms with van der Waals surface area (Å²) in [5, 5.41) is 13.8. The molecule has 0 aliphatic rings. The highest BCUT2D eigenvalue weighted by molar-refractivity contribution is 5.90. The van der Waals surface area contributed by atoms with Crippen LogP contribution in [0.4, 0.5) is 5.82 Å². The predicted molar refractivity (Wildman–Crippen MR) is 103 cm³/mol. The quantitative estimate of drug-likeness (QED) is 0.572. The molecular formula is C21H18N4O. The van der Waals surface area contributed by atoms with Crippen LogP contribution in [-0.2, 0) is 6.42 Å². The van der Waals surface area contributed by atoms with E-state index in [1.54, 1.807) is 24.5 Å². The number of aromatic hydroxyl groups is 1. The Morgan fingerprint density at radius 2 is 1.73 bits per heavy atom.